The van der Waals surface area contributed by atoms with Crippen molar-refractivity contribution in [1.29, 1.82) is 0 Å². The van der Waals surface area contributed by atoms with Gasteiger partial charge in [0.15, 0.2) is 11.5 Å². The lowest BCUT2D eigenvalue weighted by Gasteiger charge is -2.30. The van der Waals surface area contributed by atoms with Crippen molar-refractivity contribution >= 4 is 17.6 Å². The number of piperidine rings is 1. The second kappa shape index (κ2) is 7.76. The predicted octanol–water partition coefficient (Wildman–Crippen LogP) is 1.44. The summed E-state index contributed by atoms with van der Waals surface area (Å²) in [5.74, 6) is 0.911. The zero-order valence-corrected chi connectivity index (χ0v) is 14.1. The van der Waals surface area contributed by atoms with E-state index >= 15 is 0 Å². The maximum absolute atomic E-state index is 12.4. The highest BCUT2D eigenvalue weighted by Gasteiger charge is 2.26. The Balaban J connectivity index is 2.08. The van der Waals surface area contributed by atoms with E-state index in [4.69, 9.17) is 19.9 Å². The predicted molar refractivity (Wildman–Crippen MR) is 88.6 cm³/mol. The molecule has 1 aromatic rings. The van der Waals surface area contributed by atoms with Gasteiger partial charge in [-0.1, -0.05) is 0 Å². The number of hydrogen-bond acceptors (Lipinski definition) is 5. The van der Waals surface area contributed by atoms with Crippen LogP contribution in [0.25, 0.3) is 0 Å². The van der Waals surface area contributed by atoms with Crippen molar-refractivity contribution in [2.75, 3.05) is 39.7 Å². The Morgan fingerprint density at radius 3 is 2.04 bits per heavy atom. The smallest absolute Gasteiger partial charge is 0.321 e. The van der Waals surface area contributed by atoms with Crippen molar-refractivity contribution in [2.24, 2.45) is 11.7 Å². The number of likely N-dealkylation sites (tertiary alicyclic amines) is 1. The molecule has 0 saturated carbocycles. The summed E-state index contributed by atoms with van der Waals surface area (Å²) in [7, 11) is 4.54. The van der Waals surface area contributed by atoms with Crippen LogP contribution < -0.4 is 25.3 Å². The molecule has 0 radical (unpaired) electrons. The third-order valence-electron chi connectivity index (χ3n) is 4.10. The van der Waals surface area contributed by atoms with E-state index in [9.17, 15) is 9.59 Å². The van der Waals surface area contributed by atoms with Crippen LogP contribution in [0.5, 0.6) is 17.2 Å². The van der Waals surface area contributed by atoms with Crippen molar-refractivity contribution in [2.45, 2.75) is 12.8 Å². The van der Waals surface area contributed by atoms with E-state index in [-0.39, 0.29) is 17.9 Å². The molecule has 3 amide bonds. The summed E-state index contributed by atoms with van der Waals surface area (Å²) in [6.45, 7) is 0.980. The Bertz CT molecular complexity index is 587. The molecule has 0 aromatic heterocycles. The summed E-state index contributed by atoms with van der Waals surface area (Å²) in [4.78, 5) is 25.2. The number of carbonyl (C=O) groups is 2. The summed E-state index contributed by atoms with van der Waals surface area (Å²) < 4.78 is 15.8. The van der Waals surface area contributed by atoms with E-state index in [2.05, 4.69) is 5.32 Å². The van der Waals surface area contributed by atoms with Crippen LogP contribution in [0, 0.1) is 5.92 Å². The molecular formula is C16H23N3O5. The third-order valence-corrected chi connectivity index (χ3v) is 4.10. The zero-order valence-electron chi connectivity index (χ0n) is 14.1. The molecule has 0 atom stereocenters. The van der Waals surface area contributed by atoms with Crippen LogP contribution in [0.4, 0.5) is 10.5 Å². The van der Waals surface area contributed by atoms with Gasteiger partial charge >= 0.3 is 6.03 Å². The number of primary amides is 1. The number of hydrogen-bond donors (Lipinski definition) is 2. The number of nitrogens with two attached hydrogens (primary N) is 1. The van der Waals surface area contributed by atoms with E-state index in [0.717, 1.165) is 0 Å². The molecule has 1 aliphatic rings. The molecular weight excluding hydrogens is 314 g/mol. The average molecular weight is 337 g/mol. The maximum atomic E-state index is 12.4. The molecule has 1 aliphatic heterocycles. The van der Waals surface area contributed by atoms with Gasteiger partial charge in [0, 0.05) is 31.1 Å². The minimum absolute atomic E-state index is 0.157. The van der Waals surface area contributed by atoms with E-state index < -0.39 is 0 Å². The molecule has 1 fully saturated rings. The molecule has 8 nitrogen and oxygen atoms in total. The third kappa shape index (κ3) is 3.81. The van der Waals surface area contributed by atoms with Crippen LogP contribution in [-0.4, -0.2) is 51.3 Å². The second-order valence-corrected chi connectivity index (χ2v) is 5.51. The first-order valence-electron chi connectivity index (χ1n) is 7.65. The van der Waals surface area contributed by atoms with Crippen molar-refractivity contribution in [1.82, 2.24) is 4.90 Å². The number of anilines is 1. The first-order chi connectivity index (χ1) is 11.5. The first-order valence-corrected chi connectivity index (χ1v) is 7.65. The molecule has 3 N–H and O–H groups in total. The van der Waals surface area contributed by atoms with Gasteiger partial charge < -0.3 is 30.2 Å². The Labute approximate surface area is 140 Å². The Hall–Kier alpha value is -2.64. The number of nitrogens with zero attached hydrogens (tertiary/aromatic N) is 1. The minimum atomic E-state index is -0.306. The highest BCUT2D eigenvalue weighted by atomic mass is 16.5. The lowest BCUT2D eigenvalue weighted by atomic mass is 9.96. The number of ether oxygens (including phenoxy) is 3. The van der Waals surface area contributed by atoms with E-state index in [1.807, 2.05) is 0 Å². The van der Waals surface area contributed by atoms with Gasteiger partial charge in [0.2, 0.25) is 11.7 Å². The van der Waals surface area contributed by atoms with Gasteiger partial charge in [-0.05, 0) is 12.8 Å². The maximum Gasteiger partial charge on any atom is 0.321 e. The first kappa shape index (κ1) is 17.7. The summed E-state index contributed by atoms with van der Waals surface area (Å²) in [6.07, 6.45) is 1.16. The number of nitrogens with one attached hydrogen (secondary N) is 1. The van der Waals surface area contributed by atoms with E-state index in [1.54, 1.807) is 17.0 Å². The van der Waals surface area contributed by atoms with Gasteiger partial charge in [-0.3, -0.25) is 4.79 Å². The van der Waals surface area contributed by atoms with Crippen molar-refractivity contribution < 1.29 is 23.8 Å². The van der Waals surface area contributed by atoms with E-state index in [1.165, 1.54) is 21.3 Å². The molecule has 8 heteroatoms. The molecule has 0 bridgehead atoms. The molecule has 1 saturated heterocycles. The van der Waals surface area contributed by atoms with Gasteiger partial charge in [-0.15, -0.1) is 0 Å². The fraction of sp³-hybridized carbons (Fsp3) is 0.500. The topological polar surface area (TPSA) is 103 Å². The molecule has 1 heterocycles. The van der Waals surface area contributed by atoms with E-state index in [0.29, 0.717) is 48.9 Å². The second-order valence-electron chi connectivity index (χ2n) is 5.51. The fourth-order valence-corrected chi connectivity index (χ4v) is 2.72. The van der Waals surface area contributed by atoms with Crippen molar-refractivity contribution in [3.05, 3.63) is 12.1 Å². The van der Waals surface area contributed by atoms with Crippen molar-refractivity contribution in [3.63, 3.8) is 0 Å². The van der Waals surface area contributed by atoms with Crippen LogP contribution in [0.3, 0.4) is 0 Å². The summed E-state index contributed by atoms with van der Waals surface area (Å²) in [5, 5.41) is 2.81. The number of carbonyl (C=O) groups excluding carboxylic acids is 2. The van der Waals surface area contributed by atoms with Gasteiger partial charge in [0.05, 0.1) is 27.0 Å². The van der Waals surface area contributed by atoms with Gasteiger partial charge in [0.25, 0.3) is 0 Å². The normalized spacial score (nSPS) is 14.9. The van der Waals surface area contributed by atoms with Crippen LogP contribution in [0.15, 0.2) is 12.1 Å². The number of benzene rings is 1. The molecule has 1 aromatic carbocycles. The monoisotopic (exact) mass is 337 g/mol. The summed E-state index contributed by atoms with van der Waals surface area (Å²) >= 11 is 0. The lowest BCUT2D eigenvalue weighted by Crippen LogP contribution is -2.43. The number of urea groups is 1. The molecule has 24 heavy (non-hydrogen) atoms. The Morgan fingerprint density at radius 2 is 1.62 bits per heavy atom. The fourth-order valence-electron chi connectivity index (χ4n) is 2.72. The van der Waals surface area contributed by atoms with Crippen LogP contribution >= 0.6 is 0 Å². The number of methoxy groups -OCH3 is 3. The highest BCUT2D eigenvalue weighted by Crippen LogP contribution is 2.40. The van der Waals surface area contributed by atoms with Gasteiger partial charge in [-0.2, -0.15) is 0 Å². The minimum Gasteiger partial charge on any atom is -0.493 e. The lowest BCUT2D eigenvalue weighted by molar-refractivity contribution is -0.122. The molecule has 0 unspecified atom stereocenters. The van der Waals surface area contributed by atoms with Crippen LogP contribution in [0.1, 0.15) is 12.8 Å². The number of amides is 3. The molecule has 2 rings (SSSR count). The Kier molecular flexibility index (Phi) is 5.73. The zero-order chi connectivity index (χ0) is 17.7. The number of rotatable bonds is 5. The summed E-state index contributed by atoms with van der Waals surface area (Å²) in [6, 6.07) is 3.08. The largest absolute Gasteiger partial charge is 0.493 e. The highest BCUT2D eigenvalue weighted by molar-refractivity contribution is 5.90. The average Bonchev–Trinajstić information content (AvgIpc) is 2.60. The molecule has 0 aliphatic carbocycles. The van der Waals surface area contributed by atoms with Gasteiger partial charge in [-0.25, -0.2) is 4.79 Å². The van der Waals surface area contributed by atoms with Crippen LogP contribution in [0.2, 0.25) is 0 Å². The van der Waals surface area contributed by atoms with Gasteiger partial charge in [0.1, 0.15) is 0 Å². The van der Waals surface area contributed by atoms with Crippen LogP contribution in [-0.2, 0) is 4.79 Å². The standard InChI is InChI=1S/C16H23N3O5/c1-22-12-8-11(9-13(23-2)14(12)24-3)18-16(21)19-6-4-10(5-7-19)15(17)20/h8-10H,4-7H2,1-3H3,(H2,17,20)(H,18,21). The summed E-state index contributed by atoms with van der Waals surface area (Å²) in [5.41, 5.74) is 5.84. The molecule has 132 valence electrons. The molecule has 0 spiro atoms. The SMILES string of the molecule is COc1cc(NC(=O)N2CCC(C(N)=O)CC2)cc(OC)c1OC. The quantitative estimate of drug-likeness (QED) is 0.846. The Morgan fingerprint density at radius 1 is 1.08 bits per heavy atom. The van der Waals surface area contributed by atoms with Crippen molar-refractivity contribution in [3.8, 4) is 17.2 Å².